The smallest absolute Gasteiger partial charge is 0.160 e. The van der Waals surface area contributed by atoms with Gasteiger partial charge in [0, 0.05) is 11.8 Å². The van der Waals surface area contributed by atoms with Gasteiger partial charge < -0.3 is 18.9 Å². The Hall–Kier alpha value is -0.160. The number of hydrogen-bond donors (Lipinski definition) is 0. The van der Waals surface area contributed by atoms with E-state index >= 15 is 0 Å². The minimum atomic E-state index is 0.0544. The summed E-state index contributed by atoms with van der Waals surface area (Å²) >= 11 is 0. The van der Waals surface area contributed by atoms with Gasteiger partial charge in [-0.3, -0.25) is 0 Å². The van der Waals surface area contributed by atoms with Crippen molar-refractivity contribution < 1.29 is 18.9 Å². The van der Waals surface area contributed by atoms with Crippen molar-refractivity contribution in [3.8, 4) is 0 Å². The molecule has 0 atom stereocenters. The average Bonchev–Trinajstić information content (AvgIpc) is 2.84. The fraction of sp³-hybridized carbons (Fsp3) is 1.00. The zero-order valence-electron chi connectivity index (χ0n) is 11.5. The SMILES string of the molecule is CC(C)C1OCCCO1.CC(C)C1OCCO1. The Bertz CT molecular complexity index is 182. The third-order valence-corrected chi connectivity index (χ3v) is 2.59. The van der Waals surface area contributed by atoms with Crippen molar-refractivity contribution >= 4 is 0 Å². The average molecular weight is 246 g/mol. The molecule has 2 rings (SSSR count). The van der Waals surface area contributed by atoms with Crippen molar-refractivity contribution in [2.45, 2.75) is 46.7 Å². The van der Waals surface area contributed by atoms with Gasteiger partial charge in [0.05, 0.1) is 26.4 Å². The zero-order chi connectivity index (χ0) is 12.7. The van der Waals surface area contributed by atoms with Gasteiger partial charge in [0.2, 0.25) is 0 Å². The monoisotopic (exact) mass is 246 g/mol. The first-order chi connectivity index (χ1) is 8.11. The van der Waals surface area contributed by atoms with Gasteiger partial charge in [-0.25, -0.2) is 0 Å². The fourth-order valence-corrected chi connectivity index (χ4v) is 1.65. The molecule has 4 nitrogen and oxygen atoms in total. The van der Waals surface area contributed by atoms with Crippen LogP contribution in [0.4, 0.5) is 0 Å². The van der Waals surface area contributed by atoms with Gasteiger partial charge in [0.25, 0.3) is 0 Å². The Labute approximate surface area is 105 Å². The summed E-state index contributed by atoms with van der Waals surface area (Å²) in [7, 11) is 0. The maximum Gasteiger partial charge on any atom is 0.160 e. The standard InChI is InChI=1S/C7H14O2.C6H12O2/c1-6(2)7-8-4-3-5-9-7;1-5(2)6-7-3-4-8-6/h6-7H,3-5H2,1-2H3;5-6H,3-4H2,1-2H3. The fourth-order valence-electron chi connectivity index (χ4n) is 1.65. The second-order valence-electron chi connectivity index (χ2n) is 5.06. The van der Waals surface area contributed by atoms with E-state index in [1.165, 1.54) is 0 Å². The Morgan fingerprint density at radius 2 is 1.00 bits per heavy atom. The van der Waals surface area contributed by atoms with E-state index in [0.717, 1.165) is 32.8 Å². The van der Waals surface area contributed by atoms with Crippen LogP contribution < -0.4 is 0 Å². The van der Waals surface area contributed by atoms with Crippen LogP contribution in [0.5, 0.6) is 0 Å². The number of rotatable bonds is 2. The Morgan fingerprint density at radius 1 is 0.647 bits per heavy atom. The lowest BCUT2D eigenvalue weighted by molar-refractivity contribution is -0.198. The zero-order valence-corrected chi connectivity index (χ0v) is 11.5. The summed E-state index contributed by atoms with van der Waals surface area (Å²) in [5.74, 6) is 0.989. The van der Waals surface area contributed by atoms with E-state index in [1.807, 2.05) is 0 Å². The van der Waals surface area contributed by atoms with Crippen molar-refractivity contribution in [1.29, 1.82) is 0 Å². The second-order valence-corrected chi connectivity index (χ2v) is 5.06. The maximum absolute atomic E-state index is 5.32. The molecule has 0 amide bonds. The van der Waals surface area contributed by atoms with Crippen molar-refractivity contribution in [3.05, 3.63) is 0 Å². The lowest BCUT2D eigenvalue weighted by Gasteiger charge is -2.25. The van der Waals surface area contributed by atoms with Crippen LogP contribution in [0.2, 0.25) is 0 Å². The quantitative estimate of drug-likeness (QED) is 0.750. The summed E-state index contributed by atoms with van der Waals surface area (Å²) in [4.78, 5) is 0. The van der Waals surface area contributed by atoms with E-state index in [0.29, 0.717) is 11.8 Å². The molecular weight excluding hydrogens is 220 g/mol. The van der Waals surface area contributed by atoms with Crippen LogP contribution >= 0.6 is 0 Å². The molecule has 0 aliphatic carbocycles. The molecule has 0 bridgehead atoms. The lowest BCUT2D eigenvalue weighted by atomic mass is 10.2. The molecular formula is C13H26O4. The molecule has 4 heteroatoms. The van der Waals surface area contributed by atoms with Gasteiger partial charge in [0.15, 0.2) is 12.6 Å². The van der Waals surface area contributed by atoms with Crippen molar-refractivity contribution in [3.63, 3.8) is 0 Å². The van der Waals surface area contributed by atoms with Crippen LogP contribution in [-0.4, -0.2) is 39.0 Å². The summed E-state index contributed by atoms with van der Waals surface area (Å²) in [5, 5.41) is 0. The van der Waals surface area contributed by atoms with Gasteiger partial charge in [-0.2, -0.15) is 0 Å². The van der Waals surface area contributed by atoms with Crippen molar-refractivity contribution in [2.24, 2.45) is 11.8 Å². The van der Waals surface area contributed by atoms with E-state index in [1.54, 1.807) is 0 Å². The molecule has 0 aromatic carbocycles. The molecule has 2 aliphatic heterocycles. The molecule has 2 fully saturated rings. The normalized spacial score (nSPS) is 22.9. The highest BCUT2D eigenvalue weighted by Gasteiger charge is 2.18. The van der Waals surface area contributed by atoms with E-state index < -0.39 is 0 Å². The first-order valence-electron chi connectivity index (χ1n) is 6.57. The minimum Gasteiger partial charge on any atom is -0.352 e. The summed E-state index contributed by atoms with van der Waals surface area (Å²) in [6, 6.07) is 0. The van der Waals surface area contributed by atoms with Crippen LogP contribution in [0.3, 0.4) is 0 Å². The molecule has 0 aromatic rings. The number of hydrogen-bond acceptors (Lipinski definition) is 4. The third kappa shape index (κ3) is 5.82. The minimum absolute atomic E-state index is 0.0544. The maximum atomic E-state index is 5.32. The molecule has 0 saturated carbocycles. The van der Waals surface area contributed by atoms with E-state index in [9.17, 15) is 0 Å². The second kappa shape index (κ2) is 8.03. The molecule has 0 N–H and O–H groups in total. The Balaban J connectivity index is 0.000000171. The first kappa shape index (κ1) is 14.9. The molecule has 17 heavy (non-hydrogen) atoms. The summed E-state index contributed by atoms with van der Waals surface area (Å²) in [5.41, 5.74) is 0. The van der Waals surface area contributed by atoms with Crippen LogP contribution in [0, 0.1) is 11.8 Å². The van der Waals surface area contributed by atoms with Crippen LogP contribution in [0.1, 0.15) is 34.1 Å². The van der Waals surface area contributed by atoms with E-state index in [4.69, 9.17) is 18.9 Å². The molecule has 2 aliphatic rings. The molecule has 0 unspecified atom stereocenters. The van der Waals surface area contributed by atoms with E-state index in [2.05, 4.69) is 27.7 Å². The molecule has 102 valence electrons. The molecule has 2 saturated heterocycles. The number of ether oxygens (including phenoxy) is 4. The van der Waals surface area contributed by atoms with Gasteiger partial charge >= 0.3 is 0 Å². The largest absolute Gasteiger partial charge is 0.352 e. The topological polar surface area (TPSA) is 36.9 Å². The highest BCUT2D eigenvalue weighted by Crippen LogP contribution is 2.13. The van der Waals surface area contributed by atoms with Gasteiger partial charge in [-0.15, -0.1) is 0 Å². The Kier molecular flexibility index (Phi) is 7.04. The molecule has 0 spiro atoms. The predicted molar refractivity (Wildman–Crippen MR) is 65.7 cm³/mol. The summed E-state index contributed by atoms with van der Waals surface area (Å²) in [6.07, 6.45) is 1.16. The van der Waals surface area contributed by atoms with Crippen molar-refractivity contribution in [1.82, 2.24) is 0 Å². The predicted octanol–water partition coefficient (Wildman–Crippen LogP) is 2.42. The summed E-state index contributed by atoms with van der Waals surface area (Å²) in [6.45, 7) is 11.7. The van der Waals surface area contributed by atoms with Gasteiger partial charge in [-0.05, 0) is 6.42 Å². The van der Waals surface area contributed by atoms with Gasteiger partial charge in [0.1, 0.15) is 0 Å². The highest BCUT2D eigenvalue weighted by molar-refractivity contribution is 4.55. The molecule has 0 aromatic heterocycles. The molecule has 2 heterocycles. The summed E-state index contributed by atoms with van der Waals surface area (Å²) < 4.78 is 21.0. The van der Waals surface area contributed by atoms with Crippen molar-refractivity contribution in [2.75, 3.05) is 26.4 Å². The van der Waals surface area contributed by atoms with Crippen LogP contribution in [0.15, 0.2) is 0 Å². The van der Waals surface area contributed by atoms with Gasteiger partial charge in [-0.1, -0.05) is 27.7 Å². The Morgan fingerprint density at radius 3 is 1.29 bits per heavy atom. The first-order valence-corrected chi connectivity index (χ1v) is 6.57. The third-order valence-electron chi connectivity index (χ3n) is 2.59. The van der Waals surface area contributed by atoms with E-state index in [-0.39, 0.29) is 12.6 Å². The van der Waals surface area contributed by atoms with Crippen LogP contribution in [0.25, 0.3) is 0 Å². The highest BCUT2D eigenvalue weighted by atomic mass is 16.7. The van der Waals surface area contributed by atoms with Crippen LogP contribution in [-0.2, 0) is 18.9 Å². The lowest BCUT2D eigenvalue weighted by Crippen LogP contribution is -2.29. The molecule has 0 radical (unpaired) electrons.